The summed E-state index contributed by atoms with van der Waals surface area (Å²) in [5.41, 5.74) is 8.22. The fraction of sp³-hybridized carbons (Fsp3) is 0.211. The van der Waals surface area contributed by atoms with Crippen LogP contribution in [0.4, 0.5) is 0 Å². The van der Waals surface area contributed by atoms with Gasteiger partial charge in [0.1, 0.15) is 6.04 Å². The molecular weight excluding hydrogens is 336 g/mol. The number of rotatable bonds is 8. The average molecular weight is 356 g/mol. The average Bonchev–Trinajstić information content (AvgIpc) is 2.61. The lowest BCUT2D eigenvalue weighted by molar-refractivity contribution is -0.142. The maximum absolute atomic E-state index is 11.9. The first-order valence-corrected chi connectivity index (χ1v) is 8.01. The highest BCUT2D eigenvalue weighted by Crippen LogP contribution is 2.19. The molecule has 0 saturated heterocycles. The maximum Gasteiger partial charge on any atom is 0.326 e. The number of hydrogen-bond acceptors (Lipinski definition) is 4. The highest BCUT2D eigenvalue weighted by atomic mass is 16.4. The van der Waals surface area contributed by atoms with Crippen molar-refractivity contribution in [2.75, 3.05) is 0 Å². The van der Waals surface area contributed by atoms with Gasteiger partial charge >= 0.3 is 11.9 Å². The smallest absolute Gasteiger partial charge is 0.326 e. The molecule has 0 spiro atoms. The van der Waals surface area contributed by atoms with E-state index >= 15 is 0 Å². The third-order valence-electron chi connectivity index (χ3n) is 3.85. The van der Waals surface area contributed by atoms with E-state index in [1.165, 1.54) is 0 Å². The van der Waals surface area contributed by atoms with Crippen LogP contribution in [0.2, 0.25) is 0 Å². The molecule has 136 valence electrons. The van der Waals surface area contributed by atoms with Gasteiger partial charge < -0.3 is 21.3 Å². The summed E-state index contributed by atoms with van der Waals surface area (Å²) in [6, 6.07) is 14.6. The van der Waals surface area contributed by atoms with Crippen LogP contribution in [0.3, 0.4) is 0 Å². The number of carbonyl (C=O) groups excluding carboxylic acids is 1. The van der Waals surface area contributed by atoms with E-state index in [1.807, 2.05) is 42.5 Å². The molecule has 0 unspecified atom stereocenters. The molecule has 2 atom stereocenters. The number of carboxylic acid groups (broad SMARTS) is 2. The lowest BCUT2D eigenvalue weighted by Crippen LogP contribution is -2.49. The van der Waals surface area contributed by atoms with E-state index in [4.69, 9.17) is 10.8 Å². The van der Waals surface area contributed by atoms with Crippen LogP contribution in [-0.4, -0.2) is 40.1 Å². The number of nitrogens with two attached hydrogens (primary N) is 1. The summed E-state index contributed by atoms with van der Waals surface area (Å²) in [6.07, 6.45) is -0.500. The molecule has 0 saturated carbocycles. The lowest BCUT2D eigenvalue weighted by atomic mass is 10.0. The fourth-order valence-corrected chi connectivity index (χ4v) is 2.46. The molecule has 2 aromatic carbocycles. The Morgan fingerprint density at radius 1 is 0.923 bits per heavy atom. The molecule has 7 heteroatoms. The second-order valence-electron chi connectivity index (χ2n) is 5.87. The van der Waals surface area contributed by atoms with Crippen molar-refractivity contribution >= 4 is 17.8 Å². The van der Waals surface area contributed by atoms with Gasteiger partial charge in [0, 0.05) is 6.42 Å². The van der Waals surface area contributed by atoms with Gasteiger partial charge in [-0.2, -0.15) is 0 Å². The Morgan fingerprint density at radius 2 is 1.50 bits per heavy atom. The molecule has 0 aliphatic heterocycles. The van der Waals surface area contributed by atoms with Crippen LogP contribution >= 0.6 is 0 Å². The second-order valence-corrected chi connectivity index (χ2v) is 5.87. The predicted octanol–water partition coefficient (Wildman–Crippen LogP) is 1.27. The van der Waals surface area contributed by atoms with Crippen LogP contribution in [0.5, 0.6) is 0 Å². The minimum Gasteiger partial charge on any atom is -0.481 e. The van der Waals surface area contributed by atoms with Crippen molar-refractivity contribution in [3.63, 3.8) is 0 Å². The van der Waals surface area contributed by atoms with Gasteiger partial charge in [0.05, 0.1) is 12.5 Å². The van der Waals surface area contributed by atoms with Crippen molar-refractivity contribution < 1.29 is 24.6 Å². The van der Waals surface area contributed by atoms with E-state index in [2.05, 4.69) is 5.32 Å². The Balaban J connectivity index is 2.04. The Kier molecular flexibility index (Phi) is 6.46. The van der Waals surface area contributed by atoms with Crippen LogP contribution < -0.4 is 11.1 Å². The quantitative estimate of drug-likeness (QED) is 0.563. The number of nitrogens with one attached hydrogen (secondary N) is 1. The normalized spacial score (nSPS) is 12.8. The summed E-state index contributed by atoms with van der Waals surface area (Å²) in [5.74, 6) is -3.25. The van der Waals surface area contributed by atoms with Crippen LogP contribution in [0.15, 0.2) is 54.6 Å². The van der Waals surface area contributed by atoms with Gasteiger partial charge in [0.15, 0.2) is 0 Å². The van der Waals surface area contributed by atoms with E-state index in [9.17, 15) is 19.5 Å². The molecule has 0 aliphatic carbocycles. The topological polar surface area (TPSA) is 130 Å². The minimum atomic E-state index is -1.30. The van der Waals surface area contributed by atoms with Crippen molar-refractivity contribution in [1.29, 1.82) is 0 Å². The maximum atomic E-state index is 11.9. The summed E-state index contributed by atoms with van der Waals surface area (Å²) >= 11 is 0. The van der Waals surface area contributed by atoms with Gasteiger partial charge in [-0.3, -0.25) is 9.59 Å². The van der Waals surface area contributed by atoms with Crippen LogP contribution in [-0.2, 0) is 20.8 Å². The second kappa shape index (κ2) is 8.77. The molecule has 2 rings (SSSR count). The molecule has 0 aromatic heterocycles. The highest BCUT2D eigenvalue weighted by Gasteiger charge is 2.24. The first-order valence-electron chi connectivity index (χ1n) is 8.01. The summed E-state index contributed by atoms with van der Waals surface area (Å²) in [5, 5.41) is 20.3. The molecule has 5 N–H and O–H groups in total. The summed E-state index contributed by atoms with van der Waals surface area (Å²) < 4.78 is 0. The Labute approximate surface area is 150 Å². The van der Waals surface area contributed by atoms with Crippen LogP contribution in [0.1, 0.15) is 12.0 Å². The van der Waals surface area contributed by atoms with Gasteiger partial charge in [0.2, 0.25) is 5.91 Å². The van der Waals surface area contributed by atoms with Crippen molar-refractivity contribution in [3.8, 4) is 11.1 Å². The number of carboxylic acids is 2. The van der Waals surface area contributed by atoms with Crippen molar-refractivity contribution in [3.05, 3.63) is 60.2 Å². The SMILES string of the molecule is N[C@@H](CC(=O)O)C(=O)N[C@@H](Cc1ccc(-c2ccccc2)cc1)C(=O)O. The van der Waals surface area contributed by atoms with Crippen molar-refractivity contribution in [2.24, 2.45) is 5.73 Å². The van der Waals surface area contributed by atoms with Crippen LogP contribution in [0, 0.1) is 0 Å². The molecule has 7 nitrogen and oxygen atoms in total. The molecule has 0 aliphatic rings. The van der Waals surface area contributed by atoms with Crippen molar-refractivity contribution in [1.82, 2.24) is 5.32 Å². The first-order chi connectivity index (χ1) is 12.4. The summed E-state index contributed by atoms with van der Waals surface area (Å²) in [6.45, 7) is 0. The third kappa shape index (κ3) is 5.42. The zero-order chi connectivity index (χ0) is 19.1. The zero-order valence-electron chi connectivity index (χ0n) is 14.0. The third-order valence-corrected chi connectivity index (χ3v) is 3.85. The van der Waals surface area contributed by atoms with E-state index in [1.54, 1.807) is 12.1 Å². The molecule has 1 amide bonds. The minimum absolute atomic E-state index is 0.0654. The molecule has 0 radical (unpaired) electrons. The van der Waals surface area contributed by atoms with Gasteiger partial charge in [-0.1, -0.05) is 54.6 Å². The molecule has 26 heavy (non-hydrogen) atoms. The Bertz CT molecular complexity index is 774. The molecule has 0 bridgehead atoms. The number of benzene rings is 2. The van der Waals surface area contributed by atoms with Crippen LogP contribution in [0.25, 0.3) is 11.1 Å². The number of hydrogen-bond donors (Lipinski definition) is 4. The predicted molar refractivity (Wildman–Crippen MR) is 95.4 cm³/mol. The fourth-order valence-electron chi connectivity index (χ4n) is 2.46. The van der Waals surface area contributed by atoms with Gasteiger partial charge in [-0.25, -0.2) is 4.79 Å². The van der Waals surface area contributed by atoms with Gasteiger partial charge in [-0.15, -0.1) is 0 Å². The van der Waals surface area contributed by atoms with Crippen molar-refractivity contribution in [2.45, 2.75) is 24.9 Å². The van der Waals surface area contributed by atoms with Gasteiger partial charge in [-0.05, 0) is 16.7 Å². The number of aliphatic carboxylic acids is 2. The standard InChI is InChI=1S/C19H20N2O5/c20-15(11-17(22)23)18(24)21-16(19(25)26)10-12-6-8-14(9-7-12)13-4-2-1-3-5-13/h1-9,15-16H,10-11,20H2,(H,21,24)(H,22,23)(H,25,26)/t15-,16-/m0/s1. The highest BCUT2D eigenvalue weighted by molar-refractivity contribution is 5.89. The molecule has 0 heterocycles. The summed E-state index contributed by atoms with van der Waals surface area (Å²) in [4.78, 5) is 33.9. The molecule has 0 fully saturated rings. The Morgan fingerprint density at radius 3 is 2.04 bits per heavy atom. The zero-order valence-corrected chi connectivity index (χ0v) is 14.0. The van der Waals surface area contributed by atoms with E-state index in [-0.39, 0.29) is 6.42 Å². The van der Waals surface area contributed by atoms with Gasteiger partial charge in [0.25, 0.3) is 0 Å². The summed E-state index contributed by atoms with van der Waals surface area (Å²) in [7, 11) is 0. The number of carbonyl (C=O) groups is 3. The monoisotopic (exact) mass is 356 g/mol. The Hall–Kier alpha value is -3.19. The lowest BCUT2D eigenvalue weighted by Gasteiger charge is -2.17. The van der Waals surface area contributed by atoms with E-state index in [0.717, 1.165) is 16.7 Å². The van der Waals surface area contributed by atoms with E-state index < -0.39 is 36.4 Å². The number of amides is 1. The molecule has 2 aromatic rings. The van der Waals surface area contributed by atoms with E-state index in [0.29, 0.717) is 0 Å². The molecular formula is C19H20N2O5. The largest absolute Gasteiger partial charge is 0.481 e. The first kappa shape index (κ1) is 19.1.